The Hall–Kier alpha value is -3.41. The maximum Gasteiger partial charge on any atom is 0.259 e. The summed E-state index contributed by atoms with van der Waals surface area (Å²) >= 11 is 3.51. The number of carbonyl (C=O) groups excluding carboxylic acids is 1. The molecule has 178 valence electrons. The number of carbonyl (C=O) groups is 1. The van der Waals surface area contributed by atoms with E-state index in [1.54, 1.807) is 4.90 Å². The van der Waals surface area contributed by atoms with Gasteiger partial charge >= 0.3 is 0 Å². The van der Waals surface area contributed by atoms with Gasteiger partial charge in [-0.2, -0.15) is 0 Å². The zero-order valence-electron chi connectivity index (χ0n) is 19.8. The first-order valence-corrected chi connectivity index (χ1v) is 12.5. The molecule has 1 aliphatic rings. The fourth-order valence-corrected chi connectivity index (χ4v) is 4.47. The second-order valence-corrected chi connectivity index (χ2v) is 8.88. The Morgan fingerprint density at radius 1 is 0.829 bits per heavy atom. The summed E-state index contributed by atoms with van der Waals surface area (Å²) < 4.78 is 7.00. The summed E-state index contributed by atoms with van der Waals surface area (Å²) in [5.41, 5.74) is 4.74. The lowest BCUT2D eigenvalue weighted by Crippen LogP contribution is -2.59. The van der Waals surface area contributed by atoms with Crippen LogP contribution in [0.15, 0.2) is 108 Å². The highest BCUT2D eigenvalue weighted by atomic mass is 79.9. The van der Waals surface area contributed by atoms with Gasteiger partial charge in [0.25, 0.3) is 5.91 Å². The van der Waals surface area contributed by atoms with E-state index in [-0.39, 0.29) is 5.91 Å². The Morgan fingerprint density at radius 3 is 2.09 bits per heavy atom. The number of hydrogen-bond acceptors (Lipinski definition) is 3. The standard InChI is InChI=1S/C28H22BrNO3.C2H6/c29-22-13-16-24(25(17-22)33-18-19-7-3-1-4-8-19)26-27(31)28(32)30(26)23-14-11-21(12-15-23)20-9-5-2-6-10-20;1-2/h1-17,26-27,31H,18H2;1-2H3. The van der Waals surface area contributed by atoms with E-state index < -0.39 is 12.1 Å². The predicted octanol–water partition coefficient (Wildman–Crippen LogP) is 7.17. The molecule has 1 amide bonds. The molecule has 35 heavy (non-hydrogen) atoms. The van der Waals surface area contributed by atoms with Gasteiger partial charge in [-0.25, -0.2) is 0 Å². The third kappa shape index (κ3) is 5.31. The molecular formula is C30H28BrNO3. The van der Waals surface area contributed by atoms with Gasteiger partial charge in [-0.15, -0.1) is 0 Å². The quantitative estimate of drug-likeness (QED) is 0.269. The number of anilines is 1. The Bertz CT molecular complexity index is 1260. The minimum atomic E-state index is -1.11. The van der Waals surface area contributed by atoms with Gasteiger partial charge in [0.2, 0.25) is 0 Å². The molecule has 1 fully saturated rings. The van der Waals surface area contributed by atoms with Gasteiger partial charge in [0.1, 0.15) is 18.4 Å². The van der Waals surface area contributed by atoms with Crippen molar-refractivity contribution in [3.05, 3.63) is 119 Å². The fourth-order valence-electron chi connectivity index (χ4n) is 4.13. The molecule has 1 heterocycles. The smallest absolute Gasteiger partial charge is 0.259 e. The van der Waals surface area contributed by atoms with Crippen LogP contribution in [0.25, 0.3) is 11.1 Å². The molecule has 0 spiro atoms. The molecule has 0 saturated carbocycles. The lowest BCUT2D eigenvalue weighted by Gasteiger charge is -2.45. The van der Waals surface area contributed by atoms with Crippen molar-refractivity contribution in [1.29, 1.82) is 0 Å². The highest BCUT2D eigenvalue weighted by Crippen LogP contribution is 2.43. The van der Waals surface area contributed by atoms with E-state index in [0.717, 1.165) is 32.4 Å². The molecule has 0 radical (unpaired) electrons. The van der Waals surface area contributed by atoms with Crippen LogP contribution in [-0.2, 0) is 11.4 Å². The Kier molecular flexibility index (Phi) is 8.01. The van der Waals surface area contributed by atoms with Crippen LogP contribution in [0, 0.1) is 0 Å². The van der Waals surface area contributed by atoms with E-state index in [1.165, 1.54) is 0 Å². The van der Waals surface area contributed by atoms with Crippen molar-refractivity contribution < 1.29 is 14.6 Å². The molecule has 1 N–H and O–H groups in total. The minimum Gasteiger partial charge on any atom is -0.488 e. The molecule has 2 atom stereocenters. The number of halogens is 1. The number of nitrogens with zero attached hydrogens (tertiary/aromatic N) is 1. The number of ether oxygens (including phenoxy) is 1. The lowest BCUT2D eigenvalue weighted by molar-refractivity contribution is -0.137. The largest absolute Gasteiger partial charge is 0.488 e. The molecule has 0 aliphatic carbocycles. The summed E-state index contributed by atoms with van der Waals surface area (Å²) in [6.45, 7) is 4.40. The molecule has 1 aliphatic heterocycles. The fraction of sp³-hybridized carbons (Fsp3) is 0.167. The number of β-lactam (4-membered cyclic amide) rings is 1. The van der Waals surface area contributed by atoms with Gasteiger partial charge in [0.05, 0.1) is 0 Å². The second kappa shape index (κ2) is 11.3. The number of rotatable bonds is 6. The molecule has 1 saturated heterocycles. The summed E-state index contributed by atoms with van der Waals surface area (Å²) in [4.78, 5) is 14.3. The number of aliphatic hydroxyl groups is 1. The molecule has 2 unspecified atom stereocenters. The SMILES string of the molecule is CC.O=C1C(O)C(c2ccc(Br)cc2OCc2ccccc2)N1c1ccc(-c2ccccc2)cc1. The van der Waals surface area contributed by atoms with E-state index >= 15 is 0 Å². The van der Waals surface area contributed by atoms with Crippen molar-refractivity contribution in [1.82, 2.24) is 0 Å². The monoisotopic (exact) mass is 529 g/mol. The van der Waals surface area contributed by atoms with Gasteiger partial charge in [-0.3, -0.25) is 9.69 Å². The average molecular weight is 530 g/mol. The third-order valence-electron chi connectivity index (χ3n) is 5.85. The summed E-state index contributed by atoms with van der Waals surface area (Å²) in [7, 11) is 0. The summed E-state index contributed by atoms with van der Waals surface area (Å²) in [6, 6.07) is 33.0. The van der Waals surface area contributed by atoms with Gasteiger partial charge in [0.15, 0.2) is 6.10 Å². The molecule has 4 nitrogen and oxygen atoms in total. The molecule has 0 bridgehead atoms. The first-order valence-electron chi connectivity index (χ1n) is 11.7. The molecule has 4 aromatic rings. The van der Waals surface area contributed by atoms with Crippen molar-refractivity contribution in [3.8, 4) is 16.9 Å². The predicted molar refractivity (Wildman–Crippen MR) is 144 cm³/mol. The molecule has 0 aromatic heterocycles. The molecule has 4 aromatic carbocycles. The van der Waals surface area contributed by atoms with Gasteiger partial charge in [0, 0.05) is 15.7 Å². The van der Waals surface area contributed by atoms with Gasteiger partial charge < -0.3 is 9.84 Å². The van der Waals surface area contributed by atoms with E-state index in [1.807, 2.05) is 105 Å². The van der Waals surface area contributed by atoms with Gasteiger partial charge in [-0.05, 0) is 41.0 Å². The van der Waals surface area contributed by atoms with E-state index in [9.17, 15) is 9.90 Å². The number of hydrogen-bond donors (Lipinski definition) is 1. The van der Waals surface area contributed by atoms with Crippen molar-refractivity contribution in [3.63, 3.8) is 0 Å². The summed E-state index contributed by atoms with van der Waals surface area (Å²) in [6.07, 6.45) is -1.11. The maximum absolute atomic E-state index is 12.7. The number of amides is 1. The van der Waals surface area contributed by atoms with Crippen LogP contribution in [0.5, 0.6) is 5.75 Å². The van der Waals surface area contributed by atoms with Crippen molar-refractivity contribution >= 4 is 27.5 Å². The number of benzene rings is 4. The molecule has 5 rings (SSSR count). The van der Waals surface area contributed by atoms with Crippen molar-refractivity contribution in [2.24, 2.45) is 0 Å². The van der Waals surface area contributed by atoms with Crippen LogP contribution in [0.3, 0.4) is 0 Å². The van der Waals surface area contributed by atoms with Crippen molar-refractivity contribution in [2.45, 2.75) is 32.6 Å². The van der Waals surface area contributed by atoms with Crippen LogP contribution in [0.1, 0.15) is 31.0 Å². The first kappa shape index (κ1) is 24.7. The summed E-state index contributed by atoms with van der Waals surface area (Å²) in [5.74, 6) is 0.320. The maximum atomic E-state index is 12.7. The number of aliphatic hydroxyl groups excluding tert-OH is 1. The van der Waals surface area contributed by atoms with Crippen LogP contribution in [0.2, 0.25) is 0 Å². The Labute approximate surface area is 214 Å². The molecule has 5 heteroatoms. The van der Waals surface area contributed by atoms with E-state index in [2.05, 4.69) is 28.1 Å². The Balaban J connectivity index is 0.00000141. The highest BCUT2D eigenvalue weighted by Gasteiger charge is 2.49. The second-order valence-electron chi connectivity index (χ2n) is 7.97. The normalized spacial score (nSPS) is 16.7. The first-order chi connectivity index (χ1) is 17.1. The Morgan fingerprint density at radius 2 is 1.43 bits per heavy atom. The van der Waals surface area contributed by atoms with Crippen LogP contribution in [0.4, 0.5) is 5.69 Å². The highest BCUT2D eigenvalue weighted by molar-refractivity contribution is 9.10. The summed E-state index contributed by atoms with van der Waals surface area (Å²) in [5, 5.41) is 10.6. The zero-order valence-corrected chi connectivity index (χ0v) is 21.4. The van der Waals surface area contributed by atoms with Crippen LogP contribution < -0.4 is 9.64 Å². The minimum absolute atomic E-state index is 0.315. The van der Waals surface area contributed by atoms with E-state index in [0.29, 0.717) is 12.4 Å². The third-order valence-corrected chi connectivity index (χ3v) is 6.34. The van der Waals surface area contributed by atoms with Crippen LogP contribution in [-0.4, -0.2) is 17.1 Å². The van der Waals surface area contributed by atoms with Crippen molar-refractivity contribution in [2.75, 3.05) is 4.90 Å². The lowest BCUT2D eigenvalue weighted by atomic mass is 9.89. The van der Waals surface area contributed by atoms with E-state index in [4.69, 9.17) is 4.74 Å². The average Bonchev–Trinajstić information content (AvgIpc) is 2.93. The molecular weight excluding hydrogens is 502 g/mol. The zero-order chi connectivity index (χ0) is 24.8. The topological polar surface area (TPSA) is 49.8 Å². The van der Waals surface area contributed by atoms with Crippen LogP contribution >= 0.6 is 15.9 Å². The van der Waals surface area contributed by atoms with Gasteiger partial charge in [-0.1, -0.05) is 109 Å².